The maximum Gasteiger partial charge on any atom is 0.136 e. The first-order valence-electron chi connectivity index (χ1n) is 6.70. The Labute approximate surface area is 109 Å². The van der Waals surface area contributed by atoms with Crippen molar-refractivity contribution in [2.75, 3.05) is 19.6 Å². The van der Waals surface area contributed by atoms with Crippen LogP contribution in [-0.4, -0.2) is 29.6 Å². The Kier molecular flexibility index (Phi) is 4.22. The average Bonchev–Trinajstić information content (AvgIpc) is 2.41. The molecule has 3 nitrogen and oxygen atoms in total. The number of nitriles is 1. The maximum absolute atomic E-state index is 10.1. The van der Waals surface area contributed by atoms with Gasteiger partial charge in [0.25, 0.3) is 0 Å². The van der Waals surface area contributed by atoms with Crippen LogP contribution in [0.25, 0.3) is 0 Å². The average molecular weight is 244 g/mol. The number of rotatable bonds is 3. The van der Waals surface area contributed by atoms with Crippen LogP contribution < -0.4 is 0 Å². The number of piperidine rings is 1. The fraction of sp³-hybridized carbons (Fsp3) is 0.533. The number of likely N-dealkylation sites (tertiary alicyclic amines) is 1. The Balaban J connectivity index is 2.08. The topological polar surface area (TPSA) is 47.3 Å². The number of para-hydroxylation sites is 1. The lowest BCUT2D eigenvalue weighted by atomic mass is 9.88. The van der Waals surface area contributed by atoms with Crippen LogP contribution in [0, 0.1) is 11.3 Å². The van der Waals surface area contributed by atoms with Crippen LogP contribution in [0.3, 0.4) is 0 Å². The molecule has 3 heteroatoms. The van der Waals surface area contributed by atoms with Crippen molar-refractivity contribution in [1.29, 1.82) is 5.26 Å². The fourth-order valence-corrected chi connectivity index (χ4v) is 2.76. The molecule has 0 atom stereocenters. The first kappa shape index (κ1) is 12.9. The van der Waals surface area contributed by atoms with E-state index in [1.54, 1.807) is 6.07 Å². The second-order valence-electron chi connectivity index (χ2n) is 4.97. The van der Waals surface area contributed by atoms with Gasteiger partial charge in [-0.3, -0.25) is 0 Å². The molecule has 96 valence electrons. The molecule has 0 bridgehead atoms. The summed E-state index contributed by atoms with van der Waals surface area (Å²) in [5.74, 6) is 0.584. The van der Waals surface area contributed by atoms with E-state index in [0.717, 1.165) is 38.0 Å². The third-order valence-corrected chi connectivity index (χ3v) is 3.75. The molecule has 1 heterocycles. The van der Waals surface area contributed by atoms with Crippen molar-refractivity contribution in [1.82, 2.24) is 4.90 Å². The predicted octanol–water partition coefficient (Wildman–Crippen LogP) is 2.85. The first-order valence-corrected chi connectivity index (χ1v) is 6.70. The second-order valence-corrected chi connectivity index (χ2v) is 4.97. The van der Waals surface area contributed by atoms with Gasteiger partial charge in [-0.25, -0.2) is 0 Å². The van der Waals surface area contributed by atoms with E-state index in [1.165, 1.54) is 6.42 Å². The minimum atomic E-state index is 0.189. The van der Waals surface area contributed by atoms with Crippen LogP contribution in [0.2, 0.25) is 0 Å². The normalized spacial score (nSPS) is 17.6. The third-order valence-electron chi connectivity index (χ3n) is 3.75. The number of hydrogen-bond acceptors (Lipinski definition) is 3. The van der Waals surface area contributed by atoms with E-state index >= 15 is 0 Å². The van der Waals surface area contributed by atoms with Gasteiger partial charge in [-0.15, -0.1) is 0 Å². The van der Waals surface area contributed by atoms with Crippen molar-refractivity contribution in [3.63, 3.8) is 0 Å². The van der Waals surface area contributed by atoms with Crippen molar-refractivity contribution in [2.45, 2.75) is 32.1 Å². The molecule has 1 saturated heterocycles. The summed E-state index contributed by atoms with van der Waals surface area (Å²) in [6.07, 6.45) is 3.34. The van der Waals surface area contributed by atoms with Gasteiger partial charge in [0.05, 0.1) is 5.56 Å². The van der Waals surface area contributed by atoms with Gasteiger partial charge >= 0.3 is 0 Å². The highest BCUT2D eigenvalue weighted by molar-refractivity contribution is 5.48. The summed E-state index contributed by atoms with van der Waals surface area (Å²) < 4.78 is 0. The van der Waals surface area contributed by atoms with Gasteiger partial charge in [0.15, 0.2) is 0 Å². The maximum atomic E-state index is 10.1. The van der Waals surface area contributed by atoms with Gasteiger partial charge in [-0.2, -0.15) is 5.26 Å². The molecule has 0 unspecified atom stereocenters. The third kappa shape index (κ3) is 2.65. The van der Waals surface area contributed by atoms with Gasteiger partial charge < -0.3 is 10.0 Å². The highest BCUT2D eigenvalue weighted by Gasteiger charge is 2.23. The summed E-state index contributed by atoms with van der Waals surface area (Å²) in [5, 5.41) is 19.0. The van der Waals surface area contributed by atoms with E-state index in [2.05, 4.69) is 11.8 Å². The van der Waals surface area contributed by atoms with E-state index in [1.807, 2.05) is 18.2 Å². The summed E-state index contributed by atoms with van der Waals surface area (Å²) in [5.41, 5.74) is 1.34. The summed E-state index contributed by atoms with van der Waals surface area (Å²) in [6.45, 7) is 5.55. The van der Waals surface area contributed by atoms with Crippen LogP contribution in [0.1, 0.15) is 43.2 Å². The molecule has 0 spiro atoms. The van der Waals surface area contributed by atoms with Gasteiger partial charge in [-0.1, -0.05) is 19.1 Å². The van der Waals surface area contributed by atoms with Gasteiger partial charge in [0.1, 0.15) is 11.8 Å². The summed E-state index contributed by atoms with van der Waals surface area (Å²) in [7, 11) is 0. The number of nitrogens with zero attached hydrogens (tertiary/aromatic N) is 2. The Morgan fingerprint density at radius 3 is 2.72 bits per heavy atom. The molecule has 1 N–H and O–H groups in total. The second kappa shape index (κ2) is 5.88. The highest BCUT2D eigenvalue weighted by atomic mass is 16.3. The van der Waals surface area contributed by atoms with Crippen molar-refractivity contribution in [3.8, 4) is 11.8 Å². The first-order chi connectivity index (χ1) is 8.76. The summed E-state index contributed by atoms with van der Waals surface area (Å²) in [4.78, 5) is 2.47. The van der Waals surface area contributed by atoms with Crippen LogP contribution in [-0.2, 0) is 0 Å². The van der Waals surface area contributed by atoms with Gasteiger partial charge in [0, 0.05) is 0 Å². The number of phenols is 1. The number of aromatic hydroxyl groups is 1. The minimum Gasteiger partial charge on any atom is -0.506 e. The molecule has 0 saturated carbocycles. The van der Waals surface area contributed by atoms with E-state index in [9.17, 15) is 5.11 Å². The Hall–Kier alpha value is -1.53. The van der Waals surface area contributed by atoms with Crippen molar-refractivity contribution >= 4 is 0 Å². The van der Waals surface area contributed by atoms with Gasteiger partial charge in [0.2, 0.25) is 0 Å². The Morgan fingerprint density at radius 2 is 2.11 bits per heavy atom. The number of hydrogen-bond donors (Lipinski definition) is 1. The lowest BCUT2D eigenvalue weighted by Crippen LogP contribution is -2.33. The fourth-order valence-electron chi connectivity index (χ4n) is 2.76. The molecule has 1 aromatic carbocycles. The molecule has 0 radical (unpaired) electrons. The lowest BCUT2D eigenvalue weighted by Gasteiger charge is -2.32. The summed E-state index contributed by atoms with van der Waals surface area (Å²) >= 11 is 0. The van der Waals surface area contributed by atoms with Crippen molar-refractivity contribution in [3.05, 3.63) is 29.3 Å². The minimum absolute atomic E-state index is 0.189. The monoisotopic (exact) mass is 244 g/mol. The molecule has 0 aliphatic carbocycles. The molecule has 1 fully saturated rings. The highest BCUT2D eigenvalue weighted by Crippen LogP contribution is 2.35. The van der Waals surface area contributed by atoms with Crippen LogP contribution in [0.4, 0.5) is 0 Å². The van der Waals surface area contributed by atoms with Crippen molar-refractivity contribution in [2.24, 2.45) is 0 Å². The van der Waals surface area contributed by atoms with Gasteiger partial charge in [-0.05, 0) is 56.4 Å². The molecule has 1 aliphatic heterocycles. The standard InChI is InChI=1S/C15H20N2O/c1-2-8-17-9-6-12(7-10-17)14-5-3-4-13(11-16)15(14)18/h3-5,12,18H,2,6-10H2,1H3. The number of phenolic OH excluding ortho intramolecular Hbond substituents is 1. The van der Waals surface area contributed by atoms with Crippen LogP contribution in [0.5, 0.6) is 5.75 Å². The zero-order valence-corrected chi connectivity index (χ0v) is 10.9. The largest absolute Gasteiger partial charge is 0.506 e. The van der Waals surface area contributed by atoms with Crippen LogP contribution in [0.15, 0.2) is 18.2 Å². The Morgan fingerprint density at radius 1 is 1.39 bits per heavy atom. The quantitative estimate of drug-likeness (QED) is 0.889. The van der Waals surface area contributed by atoms with Crippen molar-refractivity contribution < 1.29 is 5.11 Å². The molecular formula is C15H20N2O. The molecule has 1 aliphatic rings. The van der Waals surface area contributed by atoms with E-state index in [4.69, 9.17) is 5.26 Å². The SMILES string of the molecule is CCCN1CCC(c2cccc(C#N)c2O)CC1. The molecular weight excluding hydrogens is 224 g/mol. The molecule has 0 aromatic heterocycles. The number of benzene rings is 1. The van der Waals surface area contributed by atoms with E-state index < -0.39 is 0 Å². The predicted molar refractivity (Wildman–Crippen MR) is 71.5 cm³/mol. The molecule has 18 heavy (non-hydrogen) atoms. The molecule has 1 aromatic rings. The zero-order chi connectivity index (χ0) is 13.0. The molecule has 2 rings (SSSR count). The zero-order valence-electron chi connectivity index (χ0n) is 10.9. The van der Waals surface area contributed by atoms with Crippen LogP contribution >= 0.6 is 0 Å². The lowest BCUT2D eigenvalue weighted by molar-refractivity contribution is 0.211. The molecule has 0 amide bonds. The smallest absolute Gasteiger partial charge is 0.136 e. The summed E-state index contributed by atoms with van der Waals surface area (Å²) in [6, 6.07) is 7.54. The van der Waals surface area contributed by atoms with E-state index in [-0.39, 0.29) is 5.75 Å². The Bertz CT molecular complexity index is 442. The van der Waals surface area contributed by atoms with E-state index in [0.29, 0.717) is 11.5 Å².